The van der Waals surface area contributed by atoms with E-state index in [0.29, 0.717) is 30.3 Å². The highest BCUT2D eigenvalue weighted by atomic mass is 19.4. The molecule has 4 heterocycles. The van der Waals surface area contributed by atoms with Gasteiger partial charge in [0.1, 0.15) is 11.5 Å². The van der Waals surface area contributed by atoms with E-state index in [0.717, 1.165) is 17.5 Å². The van der Waals surface area contributed by atoms with E-state index in [2.05, 4.69) is 20.6 Å². The Morgan fingerprint density at radius 3 is 2.79 bits per heavy atom. The van der Waals surface area contributed by atoms with Gasteiger partial charge in [-0.05, 0) is 31.2 Å². The van der Waals surface area contributed by atoms with E-state index in [1.807, 2.05) is 13.8 Å². The summed E-state index contributed by atoms with van der Waals surface area (Å²) in [6.07, 6.45) is -1.32. The zero-order valence-electron chi connectivity index (χ0n) is 16.4. The van der Waals surface area contributed by atoms with Gasteiger partial charge in [0.2, 0.25) is 0 Å². The number of anilines is 1. The van der Waals surface area contributed by atoms with Crippen molar-refractivity contribution in [3.63, 3.8) is 0 Å². The number of aromatic nitrogens is 4. The van der Waals surface area contributed by atoms with Gasteiger partial charge in [-0.3, -0.25) is 9.89 Å². The summed E-state index contributed by atoms with van der Waals surface area (Å²) in [5, 5.41) is 14.0. The fraction of sp³-hybridized carbons (Fsp3) is 0.632. The molecule has 0 bridgehead atoms. The molecule has 0 aromatic carbocycles. The molecule has 0 radical (unpaired) electrons. The maximum atomic E-state index is 13.7. The van der Waals surface area contributed by atoms with Gasteiger partial charge in [0, 0.05) is 37.3 Å². The molecule has 0 spiro atoms. The largest absolute Gasteiger partial charge is 0.410 e. The van der Waals surface area contributed by atoms with Crippen molar-refractivity contribution >= 4 is 11.7 Å². The number of piperidine rings is 1. The maximum absolute atomic E-state index is 13.7. The second-order valence-corrected chi connectivity index (χ2v) is 8.25. The third kappa shape index (κ3) is 3.84. The van der Waals surface area contributed by atoms with E-state index in [-0.39, 0.29) is 30.2 Å². The first-order valence-electron chi connectivity index (χ1n) is 9.95. The van der Waals surface area contributed by atoms with E-state index in [4.69, 9.17) is 0 Å². The summed E-state index contributed by atoms with van der Waals surface area (Å²) >= 11 is 0. The molecule has 1 amide bonds. The Morgan fingerprint density at radius 2 is 2.14 bits per heavy atom. The number of hydrogen-bond donors (Lipinski definition) is 2. The topological polar surface area (TPSA) is 78.8 Å². The van der Waals surface area contributed by atoms with Crippen LogP contribution < -0.4 is 5.32 Å². The molecular weight excluding hydrogens is 385 g/mol. The van der Waals surface area contributed by atoms with Crippen LogP contribution in [-0.4, -0.2) is 56.1 Å². The number of fused-ring (bicyclic) bond motifs is 1. The third-order valence-electron chi connectivity index (χ3n) is 5.90. The normalized spacial score (nSPS) is 25.0. The number of carbonyl (C=O) groups is 1. The van der Waals surface area contributed by atoms with E-state index in [9.17, 15) is 18.0 Å². The summed E-state index contributed by atoms with van der Waals surface area (Å²) in [4.78, 5) is 14.3. The molecule has 4 rings (SSSR count). The van der Waals surface area contributed by atoms with Crippen LogP contribution in [0.4, 0.5) is 19.0 Å². The van der Waals surface area contributed by atoms with Crippen LogP contribution in [0.25, 0.3) is 0 Å². The summed E-state index contributed by atoms with van der Waals surface area (Å²) < 4.78 is 42.1. The summed E-state index contributed by atoms with van der Waals surface area (Å²) in [6.45, 7) is 4.87. The van der Waals surface area contributed by atoms with E-state index < -0.39 is 12.2 Å². The van der Waals surface area contributed by atoms with Crippen molar-refractivity contribution in [1.82, 2.24) is 24.9 Å². The average molecular weight is 410 g/mol. The first-order valence-corrected chi connectivity index (χ1v) is 9.95. The second-order valence-electron chi connectivity index (χ2n) is 8.25. The summed E-state index contributed by atoms with van der Waals surface area (Å²) in [5.74, 6) is 0.234. The third-order valence-corrected chi connectivity index (χ3v) is 5.90. The van der Waals surface area contributed by atoms with E-state index >= 15 is 0 Å². The number of H-pyrrole nitrogens is 1. The zero-order valence-corrected chi connectivity index (χ0v) is 16.4. The first-order chi connectivity index (χ1) is 13.7. The number of alkyl halides is 3. The van der Waals surface area contributed by atoms with Gasteiger partial charge >= 0.3 is 6.18 Å². The Hall–Kier alpha value is -2.52. The number of amides is 1. The highest BCUT2D eigenvalue weighted by Gasteiger charge is 2.47. The Labute approximate surface area is 166 Å². The van der Waals surface area contributed by atoms with Crippen LogP contribution in [-0.2, 0) is 0 Å². The lowest BCUT2D eigenvalue weighted by Gasteiger charge is -2.35. The zero-order chi connectivity index (χ0) is 20.8. The van der Waals surface area contributed by atoms with Crippen LogP contribution in [0.15, 0.2) is 18.3 Å². The van der Waals surface area contributed by atoms with Crippen LogP contribution in [0.2, 0.25) is 0 Å². The molecule has 3 unspecified atom stereocenters. The van der Waals surface area contributed by atoms with Gasteiger partial charge in [0.05, 0.1) is 5.69 Å². The Kier molecular flexibility index (Phi) is 5.04. The number of carbonyl (C=O) groups excluding carboxylic acids is 1. The van der Waals surface area contributed by atoms with Crippen molar-refractivity contribution in [2.75, 3.05) is 18.4 Å². The van der Waals surface area contributed by atoms with Crippen LogP contribution in [0.1, 0.15) is 61.3 Å². The number of halogens is 3. The molecule has 7 nitrogen and oxygen atoms in total. The SMILES string of the molecule is CC(C)C1CC(C(F)(F)F)n2nc(C3CCCN(C(=O)c4ccn[nH]4)C3)cc2N1. The van der Waals surface area contributed by atoms with Gasteiger partial charge in [-0.15, -0.1) is 0 Å². The monoisotopic (exact) mass is 410 g/mol. The van der Waals surface area contributed by atoms with Gasteiger partial charge < -0.3 is 10.2 Å². The lowest BCUT2D eigenvalue weighted by atomic mass is 9.93. The summed E-state index contributed by atoms with van der Waals surface area (Å²) in [5.41, 5.74) is 1.02. The highest BCUT2D eigenvalue weighted by Crippen LogP contribution is 2.42. The fourth-order valence-electron chi connectivity index (χ4n) is 4.21. The van der Waals surface area contributed by atoms with Crippen molar-refractivity contribution in [3.8, 4) is 0 Å². The number of nitrogens with zero attached hydrogens (tertiary/aromatic N) is 4. The van der Waals surface area contributed by atoms with Gasteiger partial charge in [0.15, 0.2) is 6.04 Å². The van der Waals surface area contributed by atoms with Crippen LogP contribution in [0.5, 0.6) is 0 Å². The predicted molar refractivity (Wildman–Crippen MR) is 101 cm³/mol. The fourth-order valence-corrected chi connectivity index (χ4v) is 4.21. The lowest BCUT2D eigenvalue weighted by molar-refractivity contribution is -0.174. The van der Waals surface area contributed by atoms with Crippen molar-refractivity contribution in [2.45, 2.75) is 57.3 Å². The molecule has 2 N–H and O–H groups in total. The van der Waals surface area contributed by atoms with Crippen LogP contribution in [0.3, 0.4) is 0 Å². The average Bonchev–Trinajstić information content (AvgIpc) is 3.35. The molecule has 2 aromatic heterocycles. The van der Waals surface area contributed by atoms with Crippen molar-refractivity contribution < 1.29 is 18.0 Å². The quantitative estimate of drug-likeness (QED) is 0.811. The molecule has 2 aliphatic heterocycles. The van der Waals surface area contributed by atoms with Gasteiger partial charge in [-0.2, -0.15) is 23.4 Å². The highest BCUT2D eigenvalue weighted by molar-refractivity contribution is 5.92. The Bertz CT molecular complexity index is 860. The second kappa shape index (κ2) is 7.38. The summed E-state index contributed by atoms with van der Waals surface area (Å²) in [7, 11) is 0. The first kappa shape index (κ1) is 19.8. The minimum Gasteiger partial charge on any atom is -0.367 e. The summed E-state index contributed by atoms with van der Waals surface area (Å²) in [6, 6.07) is 1.45. The van der Waals surface area contributed by atoms with Crippen molar-refractivity contribution in [3.05, 3.63) is 29.7 Å². The number of likely N-dealkylation sites (tertiary alicyclic amines) is 1. The molecule has 10 heteroatoms. The number of aromatic amines is 1. The van der Waals surface area contributed by atoms with Gasteiger partial charge in [0.25, 0.3) is 5.91 Å². The number of hydrogen-bond acceptors (Lipinski definition) is 4. The maximum Gasteiger partial charge on any atom is 0.410 e. The molecule has 0 aliphatic carbocycles. The number of rotatable bonds is 3. The van der Waals surface area contributed by atoms with Crippen molar-refractivity contribution in [2.24, 2.45) is 5.92 Å². The molecule has 158 valence electrons. The molecule has 29 heavy (non-hydrogen) atoms. The minimum absolute atomic E-state index is 0.0373. The van der Waals surface area contributed by atoms with E-state index in [1.54, 1.807) is 17.0 Å². The molecule has 3 atom stereocenters. The molecular formula is C19H25F3N6O. The smallest absolute Gasteiger partial charge is 0.367 e. The van der Waals surface area contributed by atoms with Crippen LogP contribution >= 0.6 is 0 Å². The molecule has 1 saturated heterocycles. The lowest BCUT2D eigenvalue weighted by Crippen LogP contribution is -2.41. The number of nitrogens with one attached hydrogen (secondary N) is 2. The Morgan fingerprint density at radius 1 is 1.34 bits per heavy atom. The molecule has 2 aromatic rings. The molecule has 1 fully saturated rings. The molecule has 0 saturated carbocycles. The molecule has 2 aliphatic rings. The van der Waals surface area contributed by atoms with Gasteiger partial charge in [-0.25, -0.2) is 4.68 Å². The Balaban J connectivity index is 1.58. The standard InChI is InChI=1S/C19H25F3N6O/c1-11(2)14-8-16(19(20,21)22)28-17(24-14)9-15(26-28)12-4-3-7-27(10-12)18(29)13-5-6-23-25-13/h5-6,9,11-12,14,16,24H,3-4,7-8,10H2,1-2H3,(H,23,25). The van der Waals surface area contributed by atoms with E-state index in [1.165, 1.54) is 6.20 Å². The minimum atomic E-state index is -4.36. The van der Waals surface area contributed by atoms with Crippen LogP contribution in [0, 0.1) is 5.92 Å². The van der Waals surface area contributed by atoms with Gasteiger partial charge in [-0.1, -0.05) is 13.8 Å². The van der Waals surface area contributed by atoms with Crippen molar-refractivity contribution in [1.29, 1.82) is 0 Å². The predicted octanol–water partition coefficient (Wildman–Crippen LogP) is 3.57.